The molecule has 0 bridgehead atoms. The smallest absolute Gasteiger partial charge is 0.201 e. The highest BCUT2D eigenvalue weighted by molar-refractivity contribution is 5.79. The predicted octanol–water partition coefficient (Wildman–Crippen LogP) is 2.28. The van der Waals surface area contributed by atoms with Crippen molar-refractivity contribution in [3.63, 3.8) is 0 Å². The quantitative estimate of drug-likeness (QED) is 0.909. The van der Waals surface area contributed by atoms with E-state index in [0.29, 0.717) is 18.4 Å². The standard InChI is InChI=1S/C16H23N3O2/c1-16(2,20)10-19-14-6-5-11(8-13(14)18-15(19)17)12-4-3-7-21-9-12/h5-6,8,12,20H,3-4,7,9-10H2,1-2H3,(H2,17,18). The SMILES string of the molecule is CC(C)(O)Cn1c(N)nc2cc(C3CCCOC3)ccc21. The molecule has 3 N–H and O–H groups in total. The van der Waals surface area contributed by atoms with E-state index in [9.17, 15) is 5.11 Å². The molecule has 5 heteroatoms. The maximum absolute atomic E-state index is 10.0. The first-order valence-electron chi connectivity index (χ1n) is 7.50. The molecule has 1 atom stereocenters. The fourth-order valence-corrected chi connectivity index (χ4v) is 2.98. The molecule has 1 fully saturated rings. The van der Waals surface area contributed by atoms with Crippen LogP contribution in [0.2, 0.25) is 0 Å². The van der Waals surface area contributed by atoms with Gasteiger partial charge >= 0.3 is 0 Å². The Morgan fingerprint density at radius 2 is 2.29 bits per heavy atom. The lowest BCUT2D eigenvalue weighted by atomic mass is 9.93. The van der Waals surface area contributed by atoms with Crippen molar-refractivity contribution < 1.29 is 9.84 Å². The Labute approximate surface area is 124 Å². The van der Waals surface area contributed by atoms with Gasteiger partial charge in [0.15, 0.2) is 0 Å². The van der Waals surface area contributed by atoms with Crippen LogP contribution < -0.4 is 5.73 Å². The second kappa shape index (κ2) is 5.31. The molecule has 1 unspecified atom stereocenters. The van der Waals surface area contributed by atoms with Crippen molar-refractivity contribution in [2.45, 2.75) is 44.8 Å². The number of hydrogen-bond donors (Lipinski definition) is 2. The van der Waals surface area contributed by atoms with Crippen molar-refractivity contribution in [3.8, 4) is 0 Å². The average Bonchev–Trinajstić information content (AvgIpc) is 2.74. The minimum atomic E-state index is -0.822. The third kappa shape index (κ3) is 3.04. The molecule has 0 saturated carbocycles. The van der Waals surface area contributed by atoms with Gasteiger partial charge in [0.2, 0.25) is 5.95 Å². The van der Waals surface area contributed by atoms with E-state index in [1.807, 2.05) is 10.6 Å². The lowest BCUT2D eigenvalue weighted by molar-refractivity contribution is 0.0633. The zero-order valence-corrected chi connectivity index (χ0v) is 12.7. The Balaban J connectivity index is 1.96. The van der Waals surface area contributed by atoms with Gasteiger partial charge in [-0.3, -0.25) is 0 Å². The minimum Gasteiger partial charge on any atom is -0.389 e. The van der Waals surface area contributed by atoms with E-state index in [0.717, 1.165) is 37.1 Å². The number of nitrogens with two attached hydrogens (primary N) is 1. The molecule has 114 valence electrons. The summed E-state index contributed by atoms with van der Waals surface area (Å²) in [5.41, 5.74) is 8.30. The van der Waals surface area contributed by atoms with E-state index in [1.165, 1.54) is 5.56 Å². The highest BCUT2D eigenvalue weighted by atomic mass is 16.5. The van der Waals surface area contributed by atoms with Crippen molar-refractivity contribution in [3.05, 3.63) is 23.8 Å². The van der Waals surface area contributed by atoms with Crippen molar-refractivity contribution in [1.29, 1.82) is 0 Å². The van der Waals surface area contributed by atoms with E-state index in [1.54, 1.807) is 13.8 Å². The third-order valence-corrected chi connectivity index (χ3v) is 3.98. The first kappa shape index (κ1) is 14.4. The Hall–Kier alpha value is -1.59. The van der Waals surface area contributed by atoms with Gasteiger partial charge in [-0.25, -0.2) is 4.98 Å². The van der Waals surface area contributed by atoms with Crippen molar-refractivity contribution in [2.24, 2.45) is 0 Å². The van der Waals surface area contributed by atoms with E-state index < -0.39 is 5.60 Å². The van der Waals surface area contributed by atoms with Crippen LogP contribution in [0.3, 0.4) is 0 Å². The van der Waals surface area contributed by atoms with Crippen LogP contribution >= 0.6 is 0 Å². The topological polar surface area (TPSA) is 73.3 Å². The van der Waals surface area contributed by atoms with Gasteiger partial charge in [0, 0.05) is 12.5 Å². The number of nitrogens with zero attached hydrogens (tertiary/aromatic N) is 2. The molecule has 0 spiro atoms. The molecule has 2 aromatic rings. The summed E-state index contributed by atoms with van der Waals surface area (Å²) in [5, 5.41) is 10.0. The van der Waals surface area contributed by atoms with Gasteiger partial charge < -0.3 is 20.1 Å². The fourth-order valence-electron chi connectivity index (χ4n) is 2.98. The maximum atomic E-state index is 10.0. The molecule has 1 aromatic carbocycles. The molecule has 2 heterocycles. The zero-order valence-electron chi connectivity index (χ0n) is 12.7. The summed E-state index contributed by atoms with van der Waals surface area (Å²) in [7, 11) is 0. The summed E-state index contributed by atoms with van der Waals surface area (Å²) in [6.45, 7) is 5.62. The van der Waals surface area contributed by atoms with Gasteiger partial charge in [-0.2, -0.15) is 0 Å². The third-order valence-electron chi connectivity index (χ3n) is 3.98. The number of benzene rings is 1. The van der Waals surface area contributed by atoms with Gasteiger partial charge in [-0.05, 0) is 44.4 Å². The van der Waals surface area contributed by atoms with Gasteiger partial charge in [-0.15, -0.1) is 0 Å². The summed E-state index contributed by atoms with van der Waals surface area (Å²) < 4.78 is 7.43. The molecule has 3 rings (SSSR count). The molecule has 5 nitrogen and oxygen atoms in total. The van der Waals surface area contributed by atoms with Crippen molar-refractivity contribution in [2.75, 3.05) is 18.9 Å². The first-order valence-corrected chi connectivity index (χ1v) is 7.50. The maximum Gasteiger partial charge on any atom is 0.201 e. The van der Waals surface area contributed by atoms with E-state index in [2.05, 4.69) is 17.1 Å². The summed E-state index contributed by atoms with van der Waals surface area (Å²) in [4.78, 5) is 4.44. The molecule has 21 heavy (non-hydrogen) atoms. The number of anilines is 1. The van der Waals surface area contributed by atoms with Crippen LogP contribution in [0, 0.1) is 0 Å². The monoisotopic (exact) mass is 289 g/mol. The van der Waals surface area contributed by atoms with E-state index in [-0.39, 0.29) is 0 Å². The second-order valence-electron chi connectivity index (χ2n) is 6.53. The van der Waals surface area contributed by atoms with Crippen LogP contribution in [0.4, 0.5) is 5.95 Å². The summed E-state index contributed by atoms with van der Waals surface area (Å²) >= 11 is 0. The van der Waals surface area contributed by atoms with E-state index in [4.69, 9.17) is 10.5 Å². The number of imidazole rings is 1. The van der Waals surface area contributed by atoms with Crippen LogP contribution in [0.15, 0.2) is 18.2 Å². The van der Waals surface area contributed by atoms with E-state index >= 15 is 0 Å². The molecule has 0 amide bonds. The molecule has 0 aliphatic carbocycles. The van der Waals surface area contributed by atoms with Crippen molar-refractivity contribution >= 4 is 17.0 Å². The van der Waals surface area contributed by atoms with Crippen LogP contribution in [0.1, 0.15) is 38.2 Å². The normalized spacial score (nSPS) is 20.0. The molecular formula is C16H23N3O2. The molecule has 1 aromatic heterocycles. The molecular weight excluding hydrogens is 266 g/mol. The Bertz CT molecular complexity index is 637. The van der Waals surface area contributed by atoms with Crippen LogP contribution in [-0.4, -0.2) is 33.5 Å². The number of aliphatic hydroxyl groups is 1. The van der Waals surface area contributed by atoms with Crippen LogP contribution in [0.25, 0.3) is 11.0 Å². The van der Waals surface area contributed by atoms with Gasteiger partial charge in [-0.1, -0.05) is 6.07 Å². The van der Waals surface area contributed by atoms with Gasteiger partial charge in [0.25, 0.3) is 0 Å². The highest BCUT2D eigenvalue weighted by Crippen LogP contribution is 2.29. The van der Waals surface area contributed by atoms with Gasteiger partial charge in [0.05, 0.1) is 29.8 Å². The van der Waals surface area contributed by atoms with Crippen LogP contribution in [0.5, 0.6) is 0 Å². The second-order valence-corrected chi connectivity index (χ2v) is 6.53. The Morgan fingerprint density at radius 1 is 1.48 bits per heavy atom. The lowest BCUT2D eigenvalue weighted by Crippen LogP contribution is -2.26. The molecule has 0 radical (unpaired) electrons. The minimum absolute atomic E-state index is 0.432. The zero-order chi connectivity index (χ0) is 15.0. The average molecular weight is 289 g/mol. The summed E-state index contributed by atoms with van der Waals surface area (Å²) in [6, 6.07) is 6.28. The number of fused-ring (bicyclic) bond motifs is 1. The number of aromatic nitrogens is 2. The van der Waals surface area contributed by atoms with Gasteiger partial charge in [0.1, 0.15) is 0 Å². The number of ether oxygens (including phenoxy) is 1. The Kier molecular flexibility index (Phi) is 3.63. The van der Waals surface area contributed by atoms with Crippen LogP contribution in [-0.2, 0) is 11.3 Å². The predicted molar refractivity (Wildman–Crippen MR) is 83.2 cm³/mol. The number of nitrogen functional groups attached to an aromatic ring is 1. The number of rotatable bonds is 3. The largest absolute Gasteiger partial charge is 0.389 e. The number of hydrogen-bond acceptors (Lipinski definition) is 4. The highest BCUT2D eigenvalue weighted by Gasteiger charge is 2.20. The first-order chi connectivity index (χ1) is 9.94. The summed E-state index contributed by atoms with van der Waals surface area (Å²) in [5.74, 6) is 0.896. The fraction of sp³-hybridized carbons (Fsp3) is 0.562. The summed E-state index contributed by atoms with van der Waals surface area (Å²) in [6.07, 6.45) is 2.27. The van der Waals surface area contributed by atoms with Crippen molar-refractivity contribution in [1.82, 2.24) is 9.55 Å². The molecule has 1 aliphatic heterocycles. The molecule has 1 saturated heterocycles. The molecule has 1 aliphatic rings. The lowest BCUT2D eigenvalue weighted by Gasteiger charge is -2.22. The Morgan fingerprint density at radius 3 is 2.95 bits per heavy atom.